The molecule has 2 aliphatic rings. The Hall–Kier alpha value is -3.77. The zero-order valence-corrected chi connectivity index (χ0v) is 15.9. The van der Waals surface area contributed by atoms with Gasteiger partial charge in [-0.25, -0.2) is 15.0 Å². The summed E-state index contributed by atoms with van der Waals surface area (Å²) in [4.78, 5) is 27.5. The number of carbonyl (C=O) groups is 1. The number of carbonyl (C=O) groups excluding carboxylic acids is 1. The second-order valence-electron chi connectivity index (χ2n) is 7.40. The summed E-state index contributed by atoms with van der Waals surface area (Å²) < 4.78 is 5.63. The Morgan fingerprint density at radius 1 is 1.30 bits per heavy atom. The molecule has 0 radical (unpaired) electrons. The third-order valence-electron chi connectivity index (χ3n) is 5.51. The molecule has 0 spiro atoms. The molecule has 0 saturated carbocycles. The Morgan fingerprint density at radius 2 is 2.20 bits per heavy atom. The molecule has 3 aromatic rings. The minimum atomic E-state index is -0.503. The average molecular weight is 402 g/mol. The van der Waals surface area contributed by atoms with Gasteiger partial charge < -0.3 is 20.1 Å². The monoisotopic (exact) mass is 402 g/mol. The summed E-state index contributed by atoms with van der Waals surface area (Å²) in [6.45, 7) is 1.72. The van der Waals surface area contributed by atoms with E-state index >= 15 is 0 Å². The van der Waals surface area contributed by atoms with Crippen LogP contribution >= 0.6 is 0 Å². The van der Waals surface area contributed by atoms with Crippen molar-refractivity contribution in [2.24, 2.45) is 0 Å². The fourth-order valence-electron chi connectivity index (χ4n) is 3.94. The second-order valence-corrected chi connectivity index (χ2v) is 7.40. The predicted molar refractivity (Wildman–Crippen MR) is 107 cm³/mol. The van der Waals surface area contributed by atoms with Gasteiger partial charge in [-0.05, 0) is 30.2 Å². The summed E-state index contributed by atoms with van der Waals surface area (Å²) in [5, 5.41) is 22.6. The minimum absolute atomic E-state index is 0.0627. The second kappa shape index (κ2) is 7.24. The van der Waals surface area contributed by atoms with Crippen molar-refractivity contribution in [3.8, 4) is 11.8 Å². The molecule has 2 aliphatic heterocycles. The van der Waals surface area contributed by atoms with Crippen LogP contribution < -0.4 is 10.2 Å². The molecule has 2 N–H and O–H groups in total. The standard InChI is InChI=1S/C21H18N6O3/c22-6-13-2-1-12(7-23-13)8-25-21(29)19-20(28)16-3-4-18(26-17(16)9-24-19)27-10-15-5-14(27)11-30-15/h1-4,7,9,14-15,28H,5,8,10-11H2,(H,25,29)/t14-,15-/m1/s1. The number of anilines is 1. The molecule has 2 fully saturated rings. The molecule has 0 aliphatic carbocycles. The average Bonchev–Trinajstić information content (AvgIpc) is 3.42. The first-order valence-corrected chi connectivity index (χ1v) is 9.62. The highest BCUT2D eigenvalue weighted by atomic mass is 16.5. The van der Waals surface area contributed by atoms with Crippen LogP contribution in [0.3, 0.4) is 0 Å². The highest BCUT2D eigenvalue weighted by Crippen LogP contribution is 2.34. The number of rotatable bonds is 4. The molecule has 5 rings (SSSR count). The maximum atomic E-state index is 12.5. The summed E-state index contributed by atoms with van der Waals surface area (Å²) in [5.41, 5.74) is 1.51. The van der Waals surface area contributed by atoms with E-state index in [1.165, 1.54) is 12.4 Å². The Morgan fingerprint density at radius 3 is 2.90 bits per heavy atom. The normalized spacial score (nSPS) is 19.8. The molecule has 30 heavy (non-hydrogen) atoms. The van der Waals surface area contributed by atoms with Crippen molar-refractivity contribution < 1.29 is 14.6 Å². The Bertz CT molecular complexity index is 1170. The number of amides is 1. The number of hydrogen-bond acceptors (Lipinski definition) is 8. The SMILES string of the molecule is N#Cc1ccc(CNC(=O)c2ncc3nc(N4C[C@H]5C[C@@H]4CO5)ccc3c2O)cn1. The van der Waals surface area contributed by atoms with Gasteiger partial charge in [-0.15, -0.1) is 0 Å². The molecule has 5 heterocycles. The van der Waals surface area contributed by atoms with Gasteiger partial charge in [0, 0.05) is 24.7 Å². The lowest BCUT2D eigenvalue weighted by Crippen LogP contribution is -2.37. The number of fused-ring (bicyclic) bond motifs is 3. The molecule has 0 aromatic carbocycles. The molecular weight excluding hydrogens is 384 g/mol. The van der Waals surface area contributed by atoms with Gasteiger partial charge in [0.1, 0.15) is 17.6 Å². The Balaban J connectivity index is 1.34. The molecule has 150 valence electrons. The van der Waals surface area contributed by atoms with Crippen molar-refractivity contribution in [3.05, 3.63) is 53.6 Å². The summed E-state index contributed by atoms with van der Waals surface area (Å²) in [6, 6.07) is 9.19. The van der Waals surface area contributed by atoms with Gasteiger partial charge in [0.05, 0.1) is 30.5 Å². The van der Waals surface area contributed by atoms with Crippen molar-refractivity contribution in [2.45, 2.75) is 25.1 Å². The zero-order chi connectivity index (χ0) is 20.7. The maximum absolute atomic E-state index is 12.5. The predicted octanol–water partition coefficient (Wildman–Crippen LogP) is 1.51. The van der Waals surface area contributed by atoms with Crippen molar-refractivity contribution in [1.29, 1.82) is 5.26 Å². The van der Waals surface area contributed by atoms with Crippen LogP contribution in [0.2, 0.25) is 0 Å². The molecule has 2 atom stereocenters. The van der Waals surface area contributed by atoms with E-state index in [1.54, 1.807) is 18.2 Å². The van der Waals surface area contributed by atoms with Crippen molar-refractivity contribution in [1.82, 2.24) is 20.3 Å². The van der Waals surface area contributed by atoms with E-state index in [4.69, 9.17) is 10.00 Å². The molecule has 0 unspecified atom stereocenters. The quantitative estimate of drug-likeness (QED) is 0.673. The highest BCUT2D eigenvalue weighted by molar-refractivity contribution is 6.00. The van der Waals surface area contributed by atoms with Crippen molar-refractivity contribution in [2.75, 3.05) is 18.1 Å². The van der Waals surface area contributed by atoms with Crippen LogP contribution in [0.25, 0.3) is 10.9 Å². The van der Waals surface area contributed by atoms with Crippen LogP contribution in [0.15, 0.2) is 36.7 Å². The lowest BCUT2D eigenvalue weighted by Gasteiger charge is -2.28. The first-order chi connectivity index (χ1) is 14.6. The van der Waals surface area contributed by atoms with Crippen LogP contribution in [0.1, 0.15) is 28.2 Å². The maximum Gasteiger partial charge on any atom is 0.274 e. The largest absolute Gasteiger partial charge is 0.505 e. The van der Waals surface area contributed by atoms with Gasteiger partial charge in [0.2, 0.25) is 0 Å². The summed E-state index contributed by atoms with van der Waals surface area (Å²) in [6.07, 6.45) is 4.29. The molecule has 1 amide bonds. The fraction of sp³-hybridized carbons (Fsp3) is 0.286. The van der Waals surface area contributed by atoms with Gasteiger partial charge in [0.25, 0.3) is 5.91 Å². The minimum Gasteiger partial charge on any atom is -0.505 e. The zero-order valence-electron chi connectivity index (χ0n) is 15.9. The highest BCUT2D eigenvalue weighted by Gasteiger charge is 2.39. The number of pyridine rings is 3. The Labute approximate surface area is 172 Å². The number of ether oxygens (including phenoxy) is 1. The summed E-state index contributed by atoms with van der Waals surface area (Å²) in [5.74, 6) is 0.120. The van der Waals surface area contributed by atoms with E-state index in [0.29, 0.717) is 29.2 Å². The van der Waals surface area contributed by atoms with Crippen LogP contribution in [0, 0.1) is 11.3 Å². The topological polar surface area (TPSA) is 124 Å². The van der Waals surface area contributed by atoms with Gasteiger partial charge in [0.15, 0.2) is 11.4 Å². The van der Waals surface area contributed by atoms with Crippen molar-refractivity contribution >= 4 is 22.6 Å². The van der Waals surface area contributed by atoms with Crippen molar-refractivity contribution in [3.63, 3.8) is 0 Å². The Kier molecular flexibility index (Phi) is 4.41. The van der Waals surface area contributed by atoms with E-state index in [-0.39, 0.29) is 24.1 Å². The number of nitrogens with zero attached hydrogens (tertiary/aromatic N) is 5. The number of hydrogen-bond donors (Lipinski definition) is 2. The van der Waals surface area contributed by atoms with E-state index in [1.807, 2.05) is 12.1 Å². The molecule has 2 saturated heterocycles. The smallest absolute Gasteiger partial charge is 0.274 e. The summed E-state index contributed by atoms with van der Waals surface area (Å²) in [7, 11) is 0. The number of aromatic hydroxyl groups is 1. The fourth-order valence-corrected chi connectivity index (χ4v) is 3.94. The van der Waals surface area contributed by atoms with Crippen LogP contribution in [-0.2, 0) is 11.3 Å². The van der Waals surface area contributed by atoms with Gasteiger partial charge in [-0.3, -0.25) is 4.79 Å². The summed E-state index contributed by atoms with van der Waals surface area (Å²) >= 11 is 0. The molecule has 9 nitrogen and oxygen atoms in total. The third-order valence-corrected chi connectivity index (χ3v) is 5.51. The third kappa shape index (κ3) is 3.17. The van der Waals surface area contributed by atoms with E-state index in [0.717, 1.165) is 24.3 Å². The van der Waals surface area contributed by atoms with E-state index in [9.17, 15) is 9.90 Å². The first kappa shape index (κ1) is 18.3. The first-order valence-electron chi connectivity index (χ1n) is 9.62. The number of morpholine rings is 1. The van der Waals surface area contributed by atoms with Crippen LogP contribution in [0.4, 0.5) is 5.82 Å². The number of aromatic nitrogens is 3. The molecule has 2 bridgehead atoms. The lowest BCUT2D eigenvalue weighted by molar-refractivity contribution is 0.0943. The number of nitrogens with one attached hydrogen (secondary N) is 1. The van der Waals surface area contributed by atoms with Crippen LogP contribution in [0.5, 0.6) is 5.75 Å². The van der Waals surface area contributed by atoms with Crippen LogP contribution in [-0.4, -0.2) is 51.3 Å². The number of nitriles is 1. The van der Waals surface area contributed by atoms with Gasteiger partial charge >= 0.3 is 0 Å². The lowest BCUT2D eigenvalue weighted by atomic mass is 10.2. The van der Waals surface area contributed by atoms with Gasteiger partial charge in [-0.1, -0.05) is 6.07 Å². The van der Waals surface area contributed by atoms with Gasteiger partial charge in [-0.2, -0.15) is 5.26 Å². The molecule has 9 heteroatoms. The van der Waals surface area contributed by atoms with E-state index < -0.39 is 5.91 Å². The van der Waals surface area contributed by atoms with E-state index in [2.05, 4.69) is 25.2 Å². The molecule has 3 aromatic heterocycles. The molecular formula is C21H18N6O3.